The molecule has 2 aromatic heterocycles. The number of ether oxygens (including phenoxy) is 1. The molecule has 0 aliphatic carbocycles. The minimum absolute atomic E-state index is 0.147. The minimum Gasteiger partial charge on any atom is -0.494 e. The Morgan fingerprint density at radius 1 is 1.21 bits per heavy atom. The van der Waals surface area contributed by atoms with Crippen LogP contribution in [0.5, 0.6) is 5.75 Å². The summed E-state index contributed by atoms with van der Waals surface area (Å²) < 4.78 is 11.2. The molecule has 0 spiro atoms. The van der Waals surface area contributed by atoms with Crippen LogP contribution in [0, 0.1) is 0 Å². The molecule has 2 heterocycles. The standard InChI is InChI=1S/C21H20N4O3S/c1-3-27-15-10-8-14(9-11-15)23-19(26)13(2)29-21-25-24-20(28-21)17-12-22-18-7-5-4-6-16(17)18/h4-13,22H,3H2,1-2H3,(H,23,26)/t13-/m0/s1. The molecule has 0 aliphatic rings. The number of amides is 1. The first kappa shape index (κ1) is 19.1. The summed E-state index contributed by atoms with van der Waals surface area (Å²) in [4.78, 5) is 15.7. The van der Waals surface area contributed by atoms with E-state index in [0.717, 1.165) is 22.2 Å². The number of benzene rings is 2. The van der Waals surface area contributed by atoms with Crippen molar-refractivity contribution in [3.05, 3.63) is 54.7 Å². The van der Waals surface area contributed by atoms with Crippen LogP contribution in [0.25, 0.3) is 22.4 Å². The van der Waals surface area contributed by atoms with Crippen LogP contribution in [0.15, 0.2) is 64.4 Å². The molecule has 2 aromatic carbocycles. The zero-order valence-corrected chi connectivity index (χ0v) is 16.8. The fourth-order valence-electron chi connectivity index (χ4n) is 2.86. The highest BCUT2D eigenvalue weighted by atomic mass is 32.2. The molecule has 8 heteroatoms. The molecule has 29 heavy (non-hydrogen) atoms. The van der Waals surface area contributed by atoms with Crippen LogP contribution in [-0.4, -0.2) is 32.9 Å². The van der Waals surface area contributed by atoms with Crippen LogP contribution in [0.3, 0.4) is 0 Å². The predicted octanol–water partition coefficient (Wildman–Crippen LogP) is 4.74. The van der Waals surface area contributed by atoms with Crippen LogP contribution < -0.4 is 10.1 Å². The SMILES string of the molecule is CCOc1ccc(NC(=O)[C@H](C)Sc2nnc(-c3c[nH]c4ccccc34)o2)cc1. The number of anilines is 1. The smallest absolute Gasteiger partial charge is 0.277 e. The second-order valence-electron chi connectivity index (χ2n) is 6.33. The van der Waals surface area contributed by atoms with Gasteiger partial charge in [0, 0.05) is 22.8 Å². The summed E-state index contributed by atoms with van der Waals surface area (Å²) in [7, 11) is 0. The maximum Gasteiger partial charge on any atom is 0.277 e. The Hall–Kier alpha value is -3.26. The van der Waals surface area contributed by atoms with E-state index in [0.29, 0.717) is 23.4 Å². The molecule has 0 unspecified atom stereocenters. The molecule has 0 aliphatic heterocycles. The Bertz CT molecular complexity index is 1120. The van der Waals surface area contributed by atoms with Crippen molar-refractivity contribution in [2.45, 2.75) is 24.3 Å². The monoisotopic (exact) mass is 408 g/mol. The lowest BCUT2D eigenvalue weighted by Gasteiger charge is -2.10. The van der Waals surface area contributed by atoms with Crippen molar-refractivity contribution in [2.75, 3.05) is 11.9 Å². The third kappa shape index (κ3) is 4.27. The lowest BCUT2D eigenvalue weighted by molar-refractivity contribution is -0.115. The lowest BCUT2D eigenvalue weighted by atomic mass is 10.2. The summed E-state index contributed by atoms with van der Waals surface area (Å²) in [5.74, 6) is 1.04. The number of carbonyl (C=O) groups is 1. The molecule has 148 valence electrons. The highest BCUT2D eigenvalue weighted by Gasteiger charge is 2.20. The largest absolute Gasteiger partial charge is 0.494 e. The topological polar surface area (TPSA) is 93.0 Å². The van der Waals surface area contributed by atoms with Crippen molar-refractivity contribution in [2.24, 2.45) is 0 Å². The number of rotatable bonds is 7. The fraction of sp³-hybridized carbons (Fsp3) is 0.190. The van der Waals surface area contributed by atoms with E-state index in [1.54, 1.807) is 6.92 Å². The average molecular weight is 408 g/mol. The van der Waals surface area contributed by atoms with Crippen LogP contribution in [-0.2, 0) is 4.79 Å². The minimum atomic E-state index is -0.405. The lowest BCUT2D eigenvalue weighted by Crippen LogP contribution is -2.22. The van der Waals surface area contributed by atoms with Gasteiger partial charge >= 0.3 is 0 Å². The zero-order chi connectivity index (χ0) is 20.2. The maximum absolute atomic E-state index is 12.5. The van der Waals surface area contributed by atoms with Gasteiger partial charge in [0.05, 0.1) is 17.4 Å². The molecule has 0 fully saturated rings. The maximum atomic E-state index is 12.5. The number of nitrogens with zero attached hydrogens (tertiary/aromatic N) is 2. The Kier molecular flexibility index (Phi) is 5.53. The zero-order valence-electron chi connectivity index (χ0n) is 16.0. The first-order valence-corrected chi connectivity index (χ1v) is 10.1. The molecule has 0 saturated heterocycles. The second kappa shape index (κ2) is 8.40. The van der Waals surface area contributed by atoms with E-state index in [2.05, 4.69) is 20.5 Å². The van der Waals surface area contributed by atoms with E-state index in [9.17, 15) is 4.79 Å². The highest BCUT2D eigenvalue weighted by molar-refractivity contribution is 8.00. The number of aromatic amines is 1. The molecule has 4 rings (SSSR count). The van der Waals surface area contributed by atoms with Crippen molar-refractivity contribution in [3.63, 3.8) is 0 Å². The Balaban J connectivity index is 1.41. The van der Waals surface area contributed by atoms with Gasteiger partial charge in [0.25, 0.3) is 11.1 Å². The molecule has 1 amide bonds. The van der Waals surface area contributed by atoms with Gasteiger partial charge in [-0.25, -0.2) is 0 Å². The molecule has 2 N–H and O–H groups in total. The number of thioether (sulfide) groups is 1. The summed E-state index contributed by atoms with van der Waals surface area (Å²) in [6.07, 6.45) is 1.84. The molecule has 0 bridgehead atoms. The average Bonchev–Trinajstić information content (AvgIpc) is 3.36. The Morgan fingerprint density at radius 3 is 2.79 bits per heavy atom. The third-order valence-corrected chi connectivity index (χ3v) is 5.24. The molecular formula is C21H20N4O3S. The van der Waals surface area contributed by atoms with Gasteiger partial charge in [0.1, 0.15) is 5.75 Å². The number of fused-ring (bicyclic) bond motifs is 1. The number of para-hydroxylation sites is 1. The molecule has 7 nitrogen and oxygen atoms in total. The highest BCUT2D eigenvalue weighted by Crippen LogP contribution is 2.31. The molecule has 0 saturated carbocycles. The summed E-state index contributed by atoms with van der Waals surface area (Å²) in [6.45, 7) is 4.32. The Morgan fingerprint density at radius 2 is 2.00 bits per heavy atom. The number of carbonyl (C=O) groups excluding carboxylic acids is 1. The molecule has 0 radical (unpaired) electrons. The van der Waals surface area contributed by atoms with Crippen molar-refractivity contribution < 1.29 is 13.9 Å². The second-order valence-corrected chi connectivity index (χ2v) is 7.62. The number of aromatic nitrogens is 3. The number of hydrogen-bond donors (Lipinski definition) is 2. The summed E-state index contributed by atoms with van der Waals surface area (Å²) in [6, 6.07) is 15.2. The van der Waals surface area contributed by atoms with Gasteiger partial charge in [-0.2, -0.15) is 0 Å². The van der Waals surface area contributed by atoms with E-state index < -0.39 is 5.25 Å². The van der Waals surface area contributed by atoms with E-state index in [4.69, 9.17) is 9.15 Å². The van der Waals surface area contributed by atoms with E-state index >= 15 is 0 Å². The summed E-state index contributed by atoms with van der Waals surface area (Å²) in [5, 5.41) is 12.0. The summed E-state index contributed by atoms with van der Waals surface area (Å²) in [5.41, 5.74) is 2.54. The van der Waals surface area contributed by atoms with Gasteiger partial charge in [-0.15, -0.1) is 10.2 Å². The van der Waals surface area contributed by atoms with Crippen LogP contribution >= 0.6 is 11.8 Å². The van der Waals surface area contributed by atoms with E-state index in [1.165, 1.54) is 11.8 Å². The molecular weight excluding hydrogens is 388 g/mol. The number of hydrogen-bond acceptors (Lipinski definition) is 6. The van der Waals surface area contributed by atoms with Gasteiger partial charge in [-0.05, 0) is 44.2 Å². The number of nitrogens with one attached hydrogen (secondary N) is 2. The Labute approximate surface area is 171 Å². The quantitative estimate of drug-likeness (QED) is 0.429. The van der Waals surface area contributed by atoms with Crippen molar-refractivity contribution in [1.82, 2.24) is 15.2 Å². The van der Waals surface area contributed by atoms with Crippen molar-refractivity contribution in [3.8, 4) is 17.2 Å². The van der Waals surface area contributed by atoms with Crippen molar-refractivity contribution in [1.29, 1.82) is 0 Å². The van der Waals surface area contributed by atoms with Gasteiger partial charge in [0.15, 0.2) is 0 Å². The third-order valence-electron chi connectivity index (χ3n) is 4.31. The first-order valence-electron chi connectivity index (χ1n) is 9.24. The van der Waals surface area contributed by atoms with Gasteiger partial charge in [0.2, 0.25) is 5.91 Å². The first-order chi connectivity index (χ1) is 14.1. The van der Waals surface area contributed by atoms with Gasteiger partial charge in [-0.1, -0.05) is 30.0 Å². The molecule has 1 atom stereocenters. The van der Waals surface area contributed by atoms with Crippen molar-refractivity contribution >= 4 is 34.3 Å². The normalized spacial score (nSPS) is 12.1. The predicted molar refractivity (Wildman–Crippen MR) is 113 cm³/mol. The fourth-order valence-corrected chi connectivity index (χ4v) is 3.55. The van der Waals surface area contributed by atoms with Gasteiger partial charge < -0.3 is 19.5 Å². The van der Waals surface area contributed by atoms with E-state index in [1.807, 2.05) is 61.7 Å². The summed E-state index contributed by atoms with van der Waals surface area (Å²) >= 11 is 1.22. The molecule has 4 aromatic rings. The van der Waals surface area contributed by atoms with Crippen LogP contribution in [0.4, 0.5) is 5.69 Å². The van der Waals surface area contributed by atoms with E-state index in [-0.39, 0.29) is 5.91 Å². The number of H-pyrrole nitrogens is 1. The van der Waals surface area contributed by atoms with Crippen LogP contribution in [0.1, 0.15) is 13.8 Å². The van der Waals surface area contributed by atoms with Crippen LogP contribution in [0.2, 0.25) is 0 Å². The van der Waals surface area contributed by atoms with Gasteiger partial charge in [-0.3, -0.25) is 4.79 Å².